The molecule has 1 aliphatic carbocycles. The van der Waals surface area contributed by atoms with Crippen molar-refractivity contribution in [1.29, 1.82) is 0 Å². The number of ether oxygens (including phenoxy) is 1. The molecule has 3 aromatic carbocycles. The fraction of sp³-hybridized carbons (Fsp3) is 0.208. The van der Waals surface area contributed by atoms with E-state index in [4.69, 9.17) is 10.5 Å². The van der Waals surface area contributed by atoms with Crippen molar-refractivity contribution >= 4 is 5.97 Å². The van der Waals surface area contributed by atoms with Crippen LogP contribution in [0.2, 0.25) is 0 Å². The summed E-state index contributed by atoms with van der Waals surface area (Å²) in [6, 6.07) is 23.2. The smallest absolute Gasteiger partial charge is 0.323 e. The number of benzene rings is 3. The van der Waals surface area contributed by atoms with Gasteiger partial charge in [0.1, 0.15) is 11.6 Å². The molecule has 0 aliphatic heterocycles. The first-order valence-corrected chi connectivity index (χ1v) is 9.38. The first-order chi connectivity index (χ1) is 13.5. The van der Waals surface area contributed by atoms with Crippen molar-refractivity contribution in [2.75, 3.05) is 0 Å². The summed E-state index contributed by atoms with van der Waals surface area (Å²) in [6.45, 7) is 3.77. The number of hydrogen-bond acceptors (Lipinski definition) is 3. The molecule has 0 amide bonds. The molecule has 0 spiro atoms. The van der Waals surface area contributed by atoms with Crippen molar-refractivity contribution in [3.8, 4) is 11.1 Å². The Morgan fingerprint density at radius 2 is 1.36 bits per heavy atom. The largest absolute Gasteiger partial charge is 0.480 e. The highest BCUT2D eigenvalue weighted by Crippen LogP contribution is 2.54. The van der Waals surface area contributed by atoms with Gasteiger partial charge in [0.2, 0.25) is 0 Å². The molecule has 28 heavy (non-hydrogen) atoms. The van der Waals surface area contributed by atoms with Crippen molar-refractivity contribution in [2.24, 2.45) is 5.73 Å². The number of fused-ring (bicyclic) bond motifs is 3. The summed E-state index contributed by atoms with van der Waals surface area (Å²) in [7, 11) is 0. The van der Waals surface area contributed by atoms with Crippen LogP contribution in [0.4, 0.5) is 0 Å². The number of aliphatic carboxylic acids is 1. The lowest BCUT2D eigenvalue weighted by Crippen LogP contribution is -2.46. The summed E-state index contributed by atoms with van der Waals surface area (Å²) in [5.41, 5.74) is 11.3. The van der Waals surface area contributed by atoms with Crippen molar-refractivity contribution in [3.63, 3.8) is 0 Å². The second kappa shape index (κ2) is 6.89. The molecule has 0 heterocycles. The SMILES string of the molecule is Cc1ccccc1C1(OC(C)[C@H](N)C(=O)O)c2ccccc2-c2ccccc21. The van der Waals surface area contributed by atoms with Gasteiger partial charge in [-0.15, -0.1) is 0 Å². The number of hydrogen-bond donors (Lipinski definition) is 2. The number of carboxylic acids is 1. The van der Waals surface area contributed by atoms with Crippen molar-refractivity contribution in [1.82, 2.24) is 0 Å². The summed E-state index contributed by atoms with van der Waals surface area (Å²) in [5.74, 6) is -1.08. The lowest BCUT2D eigenvalue weighted by atomic mass is 9.81. The molecule has 0 aromatic heterocycles. The summed E-state index contributed by atoms with van der Waals surface area (Å²) in [4.78, 5) is 11.5. The van der Waals surface area contributed by atoms with Gasteiger partial charge in [0, 0.05) is 11.1 Å². The molecule has 4 rings (SSSR count). The molecule has 1 aliphatic rings. The van der Waals surface area contributed by atoms with E-state index in [2.05, 4.69) is 24.3 Å². The number of nitrogens with two attached hydrogens (primary N) is 1. The van der Waals surface area contributed by atoms with Crippen LogP contribution in [0.5, 0.6) is 0 Å². The van der Waals surface area contributed by atoms with Gasteiger partial charge in [0.25, 0.3) is 0 Å². The van der Waals surface area contributed by atoms with Gasteiger partial charge in [-0.2, -0.15) is 0 Å². The maximum absolute atomic E-state index is 11.5. The lowest BCUT2D eigenvalue weighted by molar-refractivity contribution is -0.144. The van der Waals surface area contributed by atoms with E-state index >= 15 is 0 Å². The van der Waals surface area contributed by atoms with Crippen molar-refractivity contribution in [2.45, 2.75) is 31.6 Å². The molecule has 142 valence electrons. The first-order valence-electron chi connectivity index (χ1n) is 9.38. The van der Waals surface area contributed by atoms with Gasteiger partial charge in [0.15, 0.2) is 0 Å². The van der Waals surface area contributed by atoms with Crippen molar-refractivity contribution in [3.05, 3.63) is 95.1 Å². The molecule has 3 N–H and O–H groups in total. The summed E-state index contributed by atoms with van der Waals surface area (Å²) in [6.07, 6.45) is -0.698. The molecule has 4 heteroatoms. The van der Waals surface area contributed by atoms with E-state index in [9.17, 15) is 9.90 Å². The molecule has 0 fully saturated rings. The van der Waals surface area contributed by atoms with Crippen molar-refractivity contribution < 1.29 is 14.6 Å². The summed E-state index contributed by atoms with van der Waals surface area (Å²) >= 11 is 0. The minimum atomic E-state index is -1.12. The third-order valence-corrected chi connectivity index (χ3v) is 5.58. The van der Waals surface area contributed by atoms with Crippen LogP contribution in [-0.2, 0) is 15.1 Å². The van der Waals surface area contributed by atoms with Gasteiger partial charge in [-0.3, -0.25) is 4.79 Å². The number of carbonyl (C=O) groups is 1. The Morgan fingerprint density at radius 3 is 1.86 bits per heavy atom. The number of rotatable bonds is 5. The standard InChI is InChI=1S/C24H23NO3/c1-15-9-3-6-12-19(15)24(28-16(2)22(25)23(26)27)20-13-7-4-10-17(20)18-11-5-8-14-21(18)24/h3-14,16,22H,25H2,1-2H3,(H,26,27)/t16?,22-/m0/s1. The molecule has 4 nitrogen and oxygen atoms in total. The molecule has 3 aromatic rings. The molecular formula is C24H23NO3. The highest BCUT2D eigenvalue weighted by atomic mass is 16.5. The van der Waals surface area contributed by atoms with E-state index in [1.807, 2.05) is 55.5 Å². The van der Waals surface area contributed by atoms with Crippen LogP contribution in [0.3, 0.4) is 0 Å². The topological polar surface area (TPSA) is 72.5 Å². The quantitative estimate of drug-likeness (QED) is 0.707. The fourth-order valence-corrected chi connectivity index (χ4v) is 4.20. The van der Waals surface area contributed by atoms with E-state index < -0.39 is 23.7 Å². The van der Waals surface area contributed by atoms with Gasteiger partial charge in [-0.25, -0.2) is 0 Å². The van der Waals surface area contributed by atoms with Gasteiger partial charge < -0.3 is 15.6 Å². The Balaban J connectivity index is 2.02. The van der Waals surface area contributed by atoms with E-state index in [1.165, 1.54) is 0 Å². The fourth-order valence-electron chi connectivity index (χ4n) is 4.20. The van der Waals surface area contributed by atoms with Crippen LogP contribution in [0, 0.1) is 6.92 Å². The van der Waals surface area contributed by atoms with Crippen LogP contribution in [0.15, 0.2) is 72.8 Å². The predicted molar refractivity (Wildman–Crippen MR) is 109 cm³/mol. The zero-order valence-corrected chi connectivity index (χ0v) is 15.9. The molecule has 0 bridgehead atoms. The van der Waals surface area contributed by atoms with Crippen LogP contribution < -0.4 is 5.73 Å². The normalized spacial score (nSPS) is 16.1. The van der Waals surface area contributed by atoms with Gasteiger partial charge in [-0.05, 0) is 36.1 Å². The van der Waals surface area contributed by atoms with E-state index in [0.717, 1.165) is 33.4 Å². The van der Waals surface area contributed by atoms with E-state index in [1.54, 1.807) is 6.92 Å². The Labute approximate surface area is 164 Å². The maximum Gasteiger partial charge on any atom is 0.323 e. The molecular weight excluding hydrogens is 350 g/mol. The Morgan fingerprint density at radius 1 is 0.893 bits per heavy atom. The molecule has 0 radical (unpaired) electrons. The third kappa shape index (κ3) is 2.65. The maximum atomic E-state index is 11.5. The second-order valence-corrected chi connectivity index (χ2v) is 7.27. The molecule has 1 unspecified atom stereocenters. The van der Waals surface area contributed by atoms with Gasteiger partial charge in [0.05, 0.1) is 6.10 Å². The summed E-state index contributed by atoms with van der Waals surface area (Å²) in [5, 5.41) is 9.42. The second-order valence-electron chi connectivity index (χ2n) is 7.27. The molecule has 0 saturated carbocycles. The average Bonchev–Trinajstić information content (AvgIpc) is 2.99. The molecule has 2 atom stereocenters. The highest BCUT2D eigenvalue weighted by Gasteiger charge is 2.48. The third-order valence-electron chi connectivity index (χ3n) is 5.58. The minimum absolute atomic E-state index is 0.698. The Bertz CT molecular complexity index is 998. The average molecular weight is 373 g/mol. The van der Waals surface area contributed by atoms with Crippen LogP contribution in [0.25, 0.3) is 11.1 Å². The number of aryl methyl sites for hydroxylation is 1. The number of carboxylic acid groups (broad SMARTS) is 1. The summed E-state index contributed by atoms with van der Waals surface area (Å²) < 4.78 is 6.64. The lowest BCUT2D eigenvalue weighted by Gasteiger charge is -2.37. The first kappa shape index (κ1) is 18.4. The zero-order chi connectivity index (χ0) is 19.9. The van der Waals surface area contributed by atoms with Gasteiger partial charge in [-0.1, -0.05) is 72.8 Å². The Kier molecular flexibility index (Phi) is 4.53. The predicted octanol–water partition coefficient (Wildman–Crippen LogP) is 4.08. The van der Waals surface area contributed by atoms with E-state index in [-0.39, 0.29) is 0 Å². The minimum Gasteiger partial charge on any atom is -0.480 e. The van der Waals surface area contributed by atoms with Crippen LogP contribution >= 0.6 is 0 Å². The highest BCUT2D eigenvalue weighted by molar-refractivity contribution is 5.82. The Hall–Kier alpha value is -2.95. The monoisotopic (exact) mass is 373 g/mol. The van der Waals surface area contributed by atoms with Crippen LogP contribution in [-0.4, -0.2) is 23.2 Å². The van der Waals surface area contributed by atoms with Gasteiger partial charge >= 0.3 is 5.97 Å². The zero-order valence-electron chi connectivity index (χ0n) is 15.9. The van der Waals surface area contributed by atoms with Crippen LogP contribution in [0.1, 0.15) is 29.2 Å². The van der Waals surface area contributed by atoms with E-state index in [0.29, 0.717) is 0 Å². The molecule has 0 saturated heterocycles.